The van der Waals surface area contributed by atoms with E-state index in [0.717, 1.165) is 0 Å². The lowest BCUT2D eigenvalue weighted by molar-refractivity contribution is 0.0600. The van der Waals surface area contributed by atoms with Gasteiger partial charge in [0.1, 0.15) is 0 Å². The minimum atomic E-state index is -1.06. The van der Waals surface area contributed by atoms with Crippen molar-refractivity contribution < 1.29 is 29.6 Å². The first-order valence-corrected chi connectivity index (χ1v) is 5.13. The quantitative estimate of drug-likeness (QED) is 0.681. The van der Waals surface area contributed by atoms with E-state index in [9.17, 15) is 9.59 Å². The van der Waals surface area contributed by atoms with Gasteiger partial charge < -0.3 is 20.1 Å². The molecule has 0 saturated carbocycles. The first-order chi connectivity index (χ1) is 8.42. The Morgan fingerprint density at radius 1 is 1.33 bits per heavy atom. The molecule has 0 bridgehead atoms. The third-order valence-corrected chi connectivity index (χ3v) is 1.79. The normalized spacial score (nSPS) is 10.9. The highest BCUT2D eigenvalue weighted by molar-refractivity contribution is 5.94. The van der Waals surface area contributed by atoms with Crippen LogP contribution in [0.2, 0.25) is 0 Å². The monoisotopic (exact) mass is 256 g/mol. The summed E-state index contributed by atoms with van der Waals surface area (Å²) in [5.74, 6) is -1.60. The second-order valence-corrected chi connectivity index (χ2v) is 3.41. The molecule has 6 heteroatoms. The van der Waals surface area contributed by atoms with Crippen LogP contribution in [-0.2, 0) is 4.74 Å². The SMILES string of the molecule is CC(O)CO.COC(=O)c1cccc(C(=O)O)c1. The number of carboxylic acid groups (broad SMARTS) is 1. The van der Waals surface area contributed by atoms with Crippen molar-refractivity contribution in [3.05, 3.63) is 35.4 Å². The van der Waals surface area contributed by atoms with E-state index in [4.69, 9.17) is 15.3 Å². The Labute approximate surface area is 104 Å². The fourth-order valence-corrected chi connectivity index (χ4v) is 0.897. The van der Waals surface area contributed by atoms with Crippen molar-refractivity contribution in [1.29, 1.82) is 0 Å². The smallest absolute Gasteiger partial charge is 0.337 e. The molecule has 0 spiro atoms. The average Bonchev–Trinajstić information content (AvgIpc) is 2.38. The zero-order valence-electron chi connectivity index (χ0n) is 10.2. The van der Waals surface area contributed by atoms with Gasteiger partial charge in [0, 0.05) is 0 Å². The number of esters is 1. The Balaban J connectivity index is 0.000000494. The summed E-state index contributed by atoms with van der Waals surface area (Å²) in [5, 5.41) is 24.6. The number of ether oxygens (including phenoxy) is 1. The number of aliphatic hydroxyl groups excluding tert-OH is 2. The second-order valence-electron chi connectivity index (χ2n) is 3.41. The number of methoxy groups -OCH3 is 1. The fraction of sp³-hybridized carbons (Fsp3) is 0.333. The molecule has 0 radical (unpaired) electrons. The minimum Gasteiger partial charge on any atom is -0.478 e. The van der Waals surface area contributed by atoms with Gasteiger partial charge >= 0.3 is 11.9 Å². The third-order valence-electron chi connectivity index (χ3n) is 1.79. The van der Waals surface area contributed by atoms with Gasteiger partial charge in [-0.2, -0.15) is 0 Å². The summed E-state index contributed by atoms with van der Waals surface area (Å²) in [6.45, 7) is 1.39. The molecule has 0 saturated heterocycles. The third kappa shape index (κ3) is 5.97. The maximum absolute atomic E-state index is 11.0. The highest BCUT2D eigenvalue weighted by atomic mass is 16.5. The van der Waals surface area contributed by atoms with E-state index in [1.165, 1.54) is 38.3 Å². The molecule has 1 rings (SSSR count). The molecule has 1 aromatic carbocycles. The number of aliphatic hydroxyl groups is 2. The van der Waals surface area contributed by atoms with Crippen molar-refractivity contribution in [1.82, 2.24) is 0 Å². The number of hydrogen-bond donors (Lipinski definition) is 3. The van der Waals surface area contributed by atoms with E-state index in [0.29, 0.717) is 0 Å². The molecule has 1 unspecified atom stereocenters. The molecule has 0 aliphatic heterocycles. The van der Waals surface area contributed by atoms with Gasteiger partial charge in [-0.25, -0.2) is 9.59 Å². The number of benzene rings is 1. The van der Waals surface area contributed by atoms with Crippen LogP contribution in [0.4, 0.5) is 0 Å². The van der Waals surface area contributed by atoms with E-state index in [1.807, 2.05) is 0 Å². The van der Waals surface area contributed by atoms with Crippen LogP contribution in [0.5, 0.6) is 0 Å². The Bertz CT molecular complexity index is 399. The van der Waals surface area contributed by atoms with E-state index >= 15 is 0 Å². The number of aromatic carboxylic acids is 1. The van der Waals surface area contributed by atoms with Gasteiger partial charge in [0.15, 0.2) is 0 Å². The molecule has 3 N–H and O–H groups in total. The molecule has 1 aromatic rings. The maximum atomic E-state index is 11.0. The summed E-state index contributed by atoms with van der Waals surface area (Å²) in [5.41, 5.74) is 0.310. The van der Waals surface area contributed by atoms with Crippen LogP contribution in [0.25, 0.3) is 0 Å². The molecule has 0 aliphatic carbocycles. The van der Waals surface area contributed by atoms with Crippen molar-refractivity contribution in [3.8, 4) is 0 Å². The van der Waals surface area contributed by atoms with Gasteiger partial charge in [-0.05, 0) is 25.1 Å². The van der Waals surface area contributed by atoms with Crippen molar-refractivity contribution in [2.75, 3.05) is 13.7 Å². The molecule has 0 aliphatic rings. The van der Waals surface area contributed by atoms with Crippen LogP contribution >= 0.6 is 0 Å². The van der Waals surface area contributed by atoms with Crippen LogP contribution < -0.4 is 0 Å². The van der Waals surface area contributed by atoms with Crippen molar-refractivity contribution in [2.24, 2.45) is 0 Å². The minimum absolute atomic E-state index is 0.0721. The largest absolute Gasteiger partial charge is 0.478 e. The summed E-state index contributed by atoms with van der Waals surface area (Å²) in [6.07, 6.45) is -0.560. The Hall–Kier alpha value is -1.92. The van der Waals surface area contributed by atoms with Crippen LogP contribution in [-0.4, -0.2) is 47.1 Å². The lowest BCUT2D eigenvalue weighted by Crippen LogP contribution is -2.03. The standard InChI is InChI=1S/C9H8O4.C3H8O2/c1-13-9(12)7-4-2-3-6(5-7)8(10)11;1-3(5)2-4/h2-5H,1H3,(H,10,11);3-5H,2H2,1H3. The van der Waals surface area contributed by atoms with Crippen molar-refractivity contribution in [3.63, 3.8) is 0 Å². The maximum Gasteiger partial charge on any atom is 0.337 e. The van der Waals surface area contributed by atoms with E-state index < -0.39 is 18.0 Å². The summed E-state index contributed by atoms with van der Waals surface area (Å²) in [7, 11) is 1.25. The number of carbonyl (C=O) groups excluding carboxylic acids is 1. The summed E-state index contributed by atoms with van der Waals surface area (Å²) >= 11 is 0. The lowest BCUT2D eigenvalue weighted by Gasteiger charge is -1.99. The topological polar surface area (TPSA) is 104 Å². The number of hydrogen-bond acceptors (Lipinski definition) is 5. The van der Waals surface area contributed by atoms with Gasteiger partial charge in [0.2, 0.25) is 0 Å². The first kappa shape index (κ1) is 16.1. The Morgan fingerprint density at radius 3 is 2.22 bits per heavy atom. The number of carbonyl (C=O) groups is 2. The molecule has 100 valence electrons. The van der Waals surface area contributed by atoms with Gasteiger partial charge in [0.25, 0.3) is 0 Å². The predicted octanol–water partition coefficient (Wildman–Crippen LogP) is 0.531. The summed E-state index contributed by atoms with van der Waals surface area (Å²) in [4.78, 5) is 21.5. The molecule has 18 heavy (non-hydrogen) atoms. The van der Waals surface area contributed by atoms with Crippen LogP contribution in [0, 0.1) is 0 Å². The fourth-order valence-electron chi connectivity index (χ4n) is 0.897. The molecule has 1 atom stereocenters. The van der Waals surface area contributed by atoms with Crippen LogP contribution in [0.3, 0.4) is 0 Å². The number of rotatable bonds is 3. The summed E-state index contributed by atoms with van der Waals surface area (Å²) < 4.78 is 4.44. The van der Waals surface area contributed by atoms with Crippen molar-refractivity contribution >= 4 is 11.9 Å². The van der Waals surface area contributed by atoms with Crippen LogP contribution in [0.15, 0.2) is 24.3 Å². The van der Waals surface area contributed by atoms with Gasteiger partial charge in [-0.1, -0.05) is 6.07 Å². The first-order valence-electron chi connectivity index (χ1n) is 5.13. The van der Waals surface area contributed by atoms with Crippen LogP contribution in [0.1, 0.15) is 27.6 Å². The van der Waals surface area contributed by atoms with E-state index in [2.05, 4.69) is 4.74 Å². The molecule has 6 nitrogen and oxygen atoms in total. The zero-order chi connectivity index (χ0) is 14.1. The molecular formula is C12H16O6. The molecular weight excluding hydrogens is 240 g/mol. The van der Waals surface area contributed by atoms with Gasteiger partial charge in [-0.3, -0.25) is 0 Å². The predicted molar refractivity (Wildman–Crippen MR) is 63.5 cm³/mol. The Kier molecular flexibility index (Phi) is 7.34. The molecule has 0 fully saturated rings. The summed E-state index contributed by atoms with van der Waals surface area (Å²) in [6, 6.07) is 5.68. The lowest BCUT2D eigenvalue weighted by atomic mass is 10.1. The number of carboxylic acids is 1. The molecule has 0 amide bonds. The Morgan fingerprint density at radius 2 is 1.83 bits per heavy atom. The zero-order valence-corrected chi connectivity index (χ0v) is 10.2. The second kappa shape index (κ2) is 8.21. The van der Waals surface area contributed by atoms with Gasteiger partial charge in [-0.15, -0.1) is 0 Å². The highest BCUT2D eigenvalue weighted by Gasteiger charge is 2.08. The van der Waals surface area contributed by atoms with E-state index in [1.54, 1.807) is 0 Å². The highest BCUT2D eigenvalue weighted by Crippen LogP contribution is 2.06. The molecule has 0 heterocycles. The van der Waals surface area contributed by atoms with E-state index in [-0.39, 0.29) is 17.7 Å². The van der Waals surface area contributed by atoms with Gasteiger partial charge in [0.05, 0.1) is 30.9 Å². The average molecular weight is 256 g/mol. The van der Waals surface area contributed by atoms with Crippen molar-refractivity contribution in [2.45, 2.75) is 13.0 Å². The molecule has 0 aromatic heterocycles.